The van der Waals surface area contributed by atoms with Gasteiger partial charge in [0, 0.05) is 19.0 Å². The van der Waals surface area contributed by atoms with Crippen LogP contribution in [0.1, 0.15) is 33.3 Å². The third-order valence-corrected chi connectivity index (χ3v) is 2.66. The van der Waals surface area contributed by atoms with Crippen LogP contribution in [-0.2, 0) is 9.53 Å². The maximum atomic E-state index is 11.2. The highest BCUT2D eigenvalue weighted by atomic mass is 16.6. The molecule has 0 fully saturated rings. The first-order valence-corrected chi connectivity index (χ1v) is 6.92. The maximum Gasteiger partial charge on any atom is 0.303 e. The Morgan fingerprint density at radius 3 is 2.62 bits per heavy atom. The van der Waals surface area contributed by atoms with Gasteiger partial charge in [0.15, 0.2) is 0 Å². The number of carbonyl (C=O) groups is 1. The molecule has 1 aromatic carbocycles. The molecule has 4 nitrogen and oxygen atoms in total. The van der Waals surface area contributed by atoms with Crippen molar-refractivity contribution in [2.45, 2.75) is 39.3 Å². The van der Waals surface area contributed by atoms with Crippen molar-refractivity contribution in [3.8, 4) is 18.1 Å². The molecular weight excluding hydrogens is 266 g/mol. The number of para-hydroxylation sites is 1. The summed E-state index contributed by atoms with van der Waals surface area (Å²) in [5, 5.41) is 3.29. The predicted octanol–water partition coefficient (Wildman–Crippen LogP) is 2.37. The van der Waals surface area contributed by atoms with Gasteiger partial charge < -0.3 is 14.8 Å². The number of terminal acetylenes is 1. The molecule has 0 amide bonds. The van der Waals surface area contributed by atoms with Gasteiger partial charge >= 0.3 is 5.97 Å². The largest absolute Gasteiger partial charge is 0.488 e. The van der Waals surface area contributed by atoms with Gasteiger partial charge in [-0.15, -0.1) is 6.42 Å². The van der Waals surface area contributed by atoms with E-state index in [0.717, 1.165) is 0 Å². The Balaban J connectivity index is 2.64. The number of carbonyl (C=O) groups excluding carboxylic acids is 1. The van der Waals surface area contributed by atoms with Crippen LogP contribution in [0.3, 0.4) is 0 Å². The molecule has 0 saturated carbocycles. The molecule has 1 N–H and O–H groups in total. The first kappa shape index (κ1) is 17.1. The molecule has 0 saturated heterocycles. The number of ether oxygens (including phenoxy) is 2. The number of esters is 1. The molecule has 21 heavy (non-hydrogen) atoms. The highest BCUT2D eigenvalue weighted by Crippen LogP contribution is 2.17. The third kappa shape index (κ3) is 6.82. The average molecular weight is 289 g/mol. The van der Waals surface area contributed by atoms with Gasteiger partial charge in [-0.25, -0.2) is 0 Å². The predicted molar refractivity (Wildman–Crippen MR) is 83.2 cm³/mol. The SMILES string of the molecule is C#Cc1ccccc1OCC(CNC(C)(C)C)OC(C)=O. The summed E-state index contributed by atoms with van der Waals surface area (Å²) in [6.07, 6.45) is 5.06. The summed E-state index contributed by atoms with van der Waals surface area (Å²) in [7, 11) is 0. The van der Waals surface area contributed by atoms with Crippen LogP contribution >= 0.6 is 0 Å². The molecule has 114 valence electrons. The van der Waals surface area contributed by atoms with E-state index < -0.39 is 0 Å². The Hall–Kier alpha value is -1.99. The number of nitrogens with one attached hydrogen (secondary N) is 1. The Morgan fingerprint density at radius 2 is 2.05 bits per heavy atom. The molecule has 0 aromatic heterocycles. The van der Waals surface area contributed by atoms with Gasteiger partial charge in [-0.05, 0) is 32.9 Å². The van der Waals surface area contributed by atoms with Crippen molar-refractivity contribution in [1.82, 2.24) is 5.32 Å². The van der Waals surface area contributed by atoms with Crippen LogP contribution in [0.15, 0.2) is 24.3 Å². The van der Waals surface area contributed by atoms with Gasteiger partial charge in [-0.1, -0.05) is 18.1 Å². The molecule has 1 atom stereocenters. The fourth-order valence-corrected chi connectivity index (χ4v) is 1.68. The van der Waals surface area contributed by atoms with Crippen molar-refractivity contribution >= 4 is 5.97 Å². The second-order valence-corrected chi connectivity index (χ2v) is 5.81. The Labute approximate surface area is 126 Å². The number of benzene rings is 1. The first-order valence-electron chi connectivity index (χ1n) is 6.92. The summed E-state index contributed by atoms with van der Waals surface area (Å²) in [6.45, 7) is 8.30. The fourth-order valence-electron chi connectivity index (χ4n) is 1.68. The van der Waals surface area contributed by atoms with Gasteiger partial charge in [-0.2, -0.15) is 0 Å². The second-order valence-electron chi connectivity index (χ2n) is 5.81. The monoisotopic (exact) mass is 289 g/mol. The van der Waals surface area contributed by atoms with Crippen LogP contribution in [0.2, 0.25) is 0 Å². The lowest BCUT2D eigenvalue weighted by molar-refractivity contribution is -0.147. The first-order chi connectivity index (χ1) is 9.81. The van der Waals surface area contributed by atoms with E-state index in [0.29, 0.717) is 17.9 Å². The zero-order chi connectivity index (χ0) is 15.9. The quantitative estimate of drug-likeness (QED) is 0.645. The standard InChI is InChI=1S/C17H23NO3/c1-6-14-9-7-8-10-16(14)20-12-15(21-13(2)19)11-18-17(3,4)5/h1,7-10,15,18H,11-12H2,2-5H3. The summed E-state index contributed by atoms with van der Waals surface area (Å²) < 4.78 is 11.0. The van der Waals surface area contributed by atoms with Crippen LogP contribution < -0.4 is 10.1 Å². The second kappa shape index (κ2) is 7.70. The topological polar surface area (TPSA) is 47.6 Å². The molecule has 0 heterocycles. The Morgan fingerprint density at radius 1 is 1.38 bits per heavy atom. The van der Waals surface area contributed by atoms with Gasteiger partial charge in [0.25, 0.3) is 0 Å². The van der Waals surface area contributed by atoms with E-state index in [4.69, 9.17) is 15.9 Å². The minimum absolute atomic E-state index is 0.0604. The Kier molecular flexibility index (Phi) is 6.26. The normalized spacial score (nSPS) is 12.3. The minimum atomic E-state index is -0.368. The fraction of sp³-hybridized carbons (Fsp3) is 0.471. The minimum Gasteiger partial charge on any atom is -0.488 e. The van der Waals surface area contributed by atoms with E-state index in [-0.39, 0.29) is 24.2 Å². The molecule has 0 aliphatic rings. The summed E-state index contributed by atoms with van der Waals surface area (Å²) in [5.74, 6) is 2.86. The summed E-state index contributed by atoms with van der Waals surface area (Å²) in [4.78, 5) is 11.2. The summed E-state index contributed by atoms with van der Waals surface area (Å²) >= 11 is 0. The molecular formula is C17H23NO3. The van der Waals surface area contributed by atoms with Gasteiger partial charge in [-0.3, -0.25) is 4.79 Å². The van der Waals surface area contributed by atoms with Gasteiger partial charge in [0.05, 0.1) is 5.56 Å². The van der Waals surface area contributed by atoms with E-state index in [2.05, 4.69) is 11.2 Å². The molecule has 0 spiro atoms. The van der Waals surface area contributed by atoms with Crippen LogP contribution in [-0.4, -0.2) is 30.8 Å². The molecule has 0 radical (unpaired) electrons. The van der Waals surface area contributed by atoms with Crippen molar-refractivity contribution < 1.29 is 14.3 Å². The lowest BCUT2D eigenvalue weighted by Gasteiger charge is -2.25. The Bertz CT molecular complexity index is 512. The van der Waals surface area contributed by atoms with Gasteiger partial charge in [0.1, 0.15) is 18.5 Å². The highest BCUT2D eigenvalue weighted by Gasteiger charge is 2.17. The molecule has 4 heteroatoms. The van der Waals surface area contributed by atoms with Gasteiger partial charge in [0.2, 0.25) is 0 Å². The molecule has 0 aliphatic carbocycles. The van der Waals surface area contributed by atoms with Crippen molar-refractivity contribution in [2.75, 3.05) is 13.2 Å². The number of hydrogen-bond donors (Lipinski definition) is 1. The van der Waals surface area contributed by atoms with Crippen molar-refractivity contribution in [2.24, 2.45) is 0 Å². The lowest BCUT2D eigenvalue weighted by Crippen LogP contribution is -2.44. The van der Waals surface area contributed by atoms with Crippen molar-refractivity contribution in [1.29, 1.82) is 0 Å². The maximum absolute atomic E-state index is 11.2. The summed E-state index contributed by atoms with van der Waals surface area (Å²) in [5.41, 5.74) is 0.623. The third-order valence-electron chi connectivity index (χ3n) is 2.66. The van der Waals surface area contributed by atoms with E-state index in [1.807, 2.05) is 39.0 Å². The van der Waals surface area contributed by atoms with Crippen LogP contribution in [0.4, 0.5) is 0 Å². The smallest absolute Gasteiger partial charge is 0.303 e. The zero-order valence-electron chi connectivity index (χ0n) is 13.1. The molecule has 0 aliphatic heterocycles. The molecule has 0 bridgehead atoms. The molecule has 1 rings (SSSR count). The zero-order valence-corrected chi connectivity index (χ0v) is 13.1. The van der Waals surface area contributed by atoms with Crippen LogP contribution in [0.25, 0.3) is 0 Å². The number of rotatable bonds is 6. The van der Waals surface area contributed by atoms with Crippen molar-refractivity contribution in [3.05, 3.63) is 29.8 Å². The summed E-state index contributed by atoms with van der Waals surface area (Å²) in [6, 6.07) is 7.32. The number of hydrogen-bond acceptors (Lipinski definition) is 4. The van der Waals surface area contributed by atoms with Crippen LogP contribution in [0.5, 0.6) is 5.75 Å². The van der Waals surface area contributed by atoms with E-state index >= 15 is 0 Å². The van der Waals surface area contributed by atoms with E-state index in [9.17, 15) is 4.79 Å². The van der Waals surface area contributed by atoms with Crippen LogP contribution in [0, 0.1) is 12.3 Å². The molecule has 1 unspecified atom stereocenters. The lowest BCUT2D eigenvalue weighted by atomic mass is 10.1. The molecule has 1 aromatic rings. The van der Waals surface area contributed by atoms with E-state index in [1.165, 1.54) is 6.92 Å². The van der Waals surface area contributed by atoms with E-state index in [1.54, 1.807) is 6.07 Å². The van der Waals surface area contributed by atoms with Crippen molar-refractivity contribution in [3.63, 3.8) is 0 Å². The average Bonchev–Trinajstić information content (AvgIpc) is 2.40. The highest BCUT2D eigenvalue weighted by molar-refractivity contribution is 5.66.